The fourth-order valence-electron chi connectivity index (χ4n) is 2.50. The first-order chi connectivity index (χ1) is 12.0. The molecule has 140 valence electrons. The van der Waals surface area contributed by atoms with Gasteiger partial charge in [-0.25, -0.2) is 4.79 Å². The van der Waals surface area contributed by atoms with E-state index in [-0.39, 0.29) is 17.9 Å². The molecule has 5 nitrogen and oxygen atoms in total. The summed E-state index contributed by atoms with van der Waals surface area (Å²) in [4.78, 5) is 12.0. The van der Waals surface area contributed by atoms with E-state index in [4.69, 9.17) is 14.2 Å². The molecule has 0 amide bonds. The van der Waals surface area contributed by atoms with Crippen LogP contribution in [0.2, 0.25) is 0 Å². The molecule has 2 atom stereocenters. The van der Waals surface area contributed by atoms with Crippen LogP contribution in [0.3, 0.4) is 0 Å². The van der Waals surface area contributed by atoms with Crippen molar-refractivity contribution in [1.82, 2.24) is 5.32 Å². The quantitative estimate of drug-likeness (QED) is 0.374. The largest absolute Gasteiger partial charge is 0.463 e. The van der Waals surface area contributed by atoms with Crippen molar-refractivity contribution in [2.75, 3.05) is 19.8 Å². The summed E-state index contributed by atoms with van der Waals surface area (Å²) in [7, 11) is 0. The predicted octanol–water partition coefficient (Wildman–Crippen LogP) is 3.82. The molecule has 5 heteroatoms. The number of carbonyl (C=O) groups is 1. The molecule has 0 aliphatic carbocycles. The molecule has 0 heterocycles. The minimum Gasteiger partial charge on any atom is -0.463 e. The van der Waals surface area contributed by atoms with Crippen molar-refractivity contribution < 1.29 is 19.0 Å². The van der Waals surface area contributed by atoms with Crippen LogP contribution in [-0.4, -0.2) is 32.1 Å². The smallest absolute Gasteiger partial charge is 0.332 e. The maximum atomic E-state index is 12.0. The fraction of sp³-hybridized carbons (Fsp3) is 0.550. The van der Waals surface area contributed by atoms with Crippen molar-refractivity contribution in [3.05, 3.63) is 47.7 Å². The van der Waals surface area contributed by atoms with E-state index in [0.29, 0.717) is 19.8 Å². The standard InChI is InChI=1S/C20H31NO4/c1-6-23-19(22)14-18(15(4)20(24-7-2)25-8-3)21-16(5)17-12-10-9-11-13-17/h9-16,20-21H,6-8H2,1-5H3/b18-14-/t15?,16-/m1/s1. The normalized spacial score (nSPS) is 14.2. The van der Waals surface area contributed by atoms with Crippen molar-refractivity contribution in [2.45, 2.75) is 47.0 Å². The number of nitrogens with one attached hydrogen (secondary N) is 1. The molecule has 1 unspecified atom stereocenters. The van der Waals surface area contributed by atoms with Crippen molar-refractivity contribution in [3.8, 4) is 0 Å². The maximum Gasteiger partial charge on any atom is 0.332 e. The Labute approximate surface area is 151 Å². The molecule has 0 radical (unpaired) electrons. The number of esters is 1. The highest BCUT2D eigenvalue weighted by molar-refractivity contribution is 5.82. The van der Waals surface area contributed by atoms with Gasteiger partial charge >= 0.3 is 5.97 Å². The van der Waals surface area contributed by atoms with Gasteiger partial charge in [0, 0.05) is 36.9 Å². The van der Waals surface area contributed by atoms with Crippen LogP contribution in [0.15, 0.2) is 42.1 Å². The molecule has 0 spiro atoms. The van der Waals surface area contributed by atoms with Crippen molar-refractivity contribution >= 4 is 5.97 Å². The third kappa shape index (κ3) is 7.28. The van der Waals surface area contributed by atoms with E-state index in [0.717, 1.165) is 11.3 Å². The summed E-state index contributed by atoms with van der Waals surface area (Å²) in [6, 6.07) is 10.1. The fourth-order valence-corrected chi connectivity index (χ4v) is 2.50. The first-order valence-corrected chi connectivity index (χ1v) is 8.96. The highest BCUT2D eigenvalue weighted by Crippen LogP contribution is 2.21. The lowest BCUT2D eigenvalue weighted by atomic mass is 10.0. The average molecular weight is 349 g/mol. The predicted molar refractivity (Wildman–Crippen MR) is 98.9 cm³/mol. The zero-order valence-electron chi connectivity index (χ0n) is 16.0. The molecule has 0 fully saturated rings. The van der Waals surface area contributed by atoms with Crippen LogP contribution in [0.4, 0.5) is 0 Å². The van der Waals surface area contributed by atoms with Gasteiger partial charge in [0.1, 0.15) is 0 Å². The topological polar surface area (TPSA) is 56.8 Å². The third-order valence-corrected chi connectivity index (χ3v) is 3.80. The zero-order valence-corrected chi connectivity index (χ0v) is 16.0. The molecule has 0 aliphatic heterocycles. The molecule has 0 bridgehead atoms. The number of rotatable bonds is 11. The zero-order chi connectivity index (χ0) is 18.7. The van der Waals surface area contributed by atoms with E-state index in [2.05, 4.69) is 12.2 Å². The van der Waals surface area contributed by atoms with Gasteiger partial charge in [-0.1, -0.05) is 37.3 Å². The molecule has 1 aromatic rings. The van der Waals surface area contributed by atoms with Gasteiger partial charge in [-0.3, -0.25) is 0 Å². The molecular formula is C20H31NO4. The van der Waals surface area contributed by atoms with E-state index in [1.165, 1.54) is 6.08 Å². The Morgan fingerprint density at radius 2 is 1.64 bits per heavy atom. The summed E-state index contributed by atoms with van der Waals surface area (Å²) < 4.78 is 16.5. The van der Waals surface area contributed by atoms with Gasteiger partial charge in [0.2, 0.25) is 0 Å². The second kappa shape index (κ2) is 11.7. The second-order valence-corrected chi connectivity index (χ2v) is 5.70. The molecule has 1 aromatic carbocycles. The van der Waals surface area contributed by atoms with E-state index in [9.17, 15) is 4.79 Å². The minimum absolute atomic E-state index is 0.0354. The van der Waals surface area contributed by atoms with Crippen LogP contribution in [0, 0.1) is 5.92 Å². The van der Waals surface area contributed by atoms with Crippen LogP contribution in [0.25, 0.3) is 0 Å². The first-order valence-electron chi connectivity index (χ1n) is 8.96. The van der Waals surface area contributed by atoms with Crippen LogP contribution in [0.1, 0.15) is 46.2 Å². The summed E-state index contributed by atoms with van der Waals surface area (Å²) in [5, 5.41) is 3.42. The number of ether oxygens (including phenoxy) is 3. The van der Waals surface area contributed by atoms with Crippen LogP contribution >= 0.6 is 0 Å². The average Bonchev–Trinajstić information content (AvgIpc) is 2.61. The summed E-state index contributed by atoms with van der Waals surface area (Å²) >= 11 is 0. The Kier molecular flexibility index (Phi) is 9.88. The lowest BCUT2D eigenvalue weighted by molar-refractivity contribution is -0.157. The van der Waals surface area contributed by atoms with Crippen molar-refractivity contribution in [3.63, 3.8) is 0 Å². The highest BCUT2D eigenvalue weighted by atomic mass is 16.7. The monoisotopic (exact) mass is 349 g/mol. The lowest BCUT2D eigenvalue weighted by Crippen LogP contribution is -2.33. The van der Waals surface area contributed by atoms with Crippen molar-refractivity contribution in [2.24, 2.45) is 5.92 Å². The first kappa shape index (κ1) is 21.2. The molecule has 25 heavy (non-hydrogen) atoms. The van der Waals surface area contributed by atoms with E-state index in [1.54, 1.807) is 6.92 Å². The molecule has 1 N–H and O–H groups in total. The number of hydrogen-bond acceptors (Lipinski definition) is 5. The van der Waals surface area contributed by atoms with Gasteiger partial charge in [0.15, 0.2) is 6.29 Å². The van der Waals surface area contributed by atoms with E-state index >= 15 is 0 Å². The van der Waals surface area contributed by atoms with Gasteiger partial charge in [0.25, 0.3) is 0 Å². The summed E-state index contributed by atoms with van der Waals surface area (Å²) in [5.74, 6) is -0.515. The summed E-state index contributed by atoms with van der Waals surface area (Å²) in [5.41, 5.74) is 1.87. The van der Waals surface area contributed by atoms with Gasteiger partial charge in [0.05, 0.1) is 6.61 Å². The Balaban J connectivity index is 3.00. The van der Waals surface area contributed by atoms with Gasteiger partial charge in [-0.2, -0.15) is 0 Å². The Morgan fingerprint density at radius 1 is 1.04 bits per heavy atom. The van der Waals surface area contributed by atoms with Crippen LogP contribution in [-0.2, 0) is 19.0 Å². The molecule has 0 aromatic heterocycles. The Bertz CT molecular complexity index is 524. The van der Waals surface area contributed by atoms with Crippen LogP contribution < -0.4 is 5.32 Å². The SMILES string of the molecule is CCOC(=O)/C=C(\N[C@H](C)c1ccccc1)C(C)C(OCC)OCC. The molecule has 0 aliphatic rings. The molecule has 1 rings (SSSR count). The highest BCUT2D eigenvalue weighted by Gasteiger charge is 2.24. The number of carbonyl (C=O) groups excluding carboxylic acids is 1. The summed E-state index contributed by atoms with van der Waals surface area (Å²) in [6.45, 7) is 11.1. The third-order valence-electron chi connectivity index (χ3n) is 3.80. The summed E-state index contributed by atoms with van der Waals surface area (Å²) in [6.07, 6.45) is 1.07. The molecular weight excluding hydrogens is 318 g/mol. The van der Waals surface area contributed by atoms with Gasteiger partial charge < -0.3 is 19.5 Å². The number of hydrogen-bond donors (Lipinski definition) is 1. The molecule has 0 saturated carbocycles. The lowest BCUT2D eigenvalue weighted by Gasteiger charge is -2.28. The number of benzene rings is 1. The Hall–Kier alpha value is -1.85. The van der Waals surface area contributed by atoms with E-state index in [1.807, 2.05) is 51.1 Å². The van der Waals surface area contributed by atoms with Crippen LogP contribution in [0.5, 0.6) is 0 Å². The second-order valence-electron chi connectivity index (χ2n) is 5.70. The van der Waals surface area contributed by atoms with Gasteiger partial charge in [-0.05, 0) is 33.3 Å². The van der Waals surface area contributed by atoms with E-state index < -0.39 is 6.29 Å². The minimum atomic E-state index is -0.425. The molecule has 0 saturated heterocycles. The van der Waals surface area contributed by atoms with Crippen molar-refractivity contribution in [1.29, 1.82) is 0 Å². The maximum absolute atomic E-state index is 12.0. The Morgan fingerprint density at radius 3 is 2.16 bits per heavy atom. The van der Waals surface area contributed by atoms with Gasteiger partial charge in [-0.15, -0.1) is 0 Å².